The molecule has 0 atom stereocenters. The molecule has 0 spiro atoms. The molecule has 1 aliphatic rings. The maximum Gasteiger partial charge on any atom is 0.275 e. The lowest BCUT2D eigenvalue weighted by Gasteiger charge is -1.98. The van der Waals surface area contributed by atoms with Crippen LogP contribution in [0.15, 0.2) is 71.4 Å². The molecule has 1 aliphatic heterocycles. The van der Waals surface area contributed by atoms with Gasteiger partial charge in [0.1, 0.15) is 11.5 Å². The molecule has 3 heteroatoms. The monoisotopic (exact) mass is 248 g/mol. The number of nitrogens with zero attached hydrogens (tertiary/aromatic N) is 1. The summed E-state index contributed by atoms with van der Waals surface area (Å²) in [5.74, 6) is 0.440. The van der Waals surface area contributed by atoms with Crippen LogP contribution in [0.1, 0.15) is 11.1 Å². The average Bonchev–Trinajstić information content (AvgIpc) is 2.82. The van der Waals surface area contributed by atoms with E-state index in [1.165, 1.54) is 0 Å². The number of carbonyl (C=O) groups is 1. The number of amidine groups is 1. The Morgan fingerprint density at radius 3 is 2.21 bits per heavy atom. The summed E-state index contributed by atoms with van der Waals surface area (Å²) in [7, 11) is 0. The zero-order valence-corrected chi connectivity index (χ0v) is 10.2. The minimum absolute atomic E-state index is 0.164. The highest BCUT2D eigenvalue weighted by Crippen LogP contribution is 2.14. The third-order valence-corrected chi connectivity index (χ3v) is 2.85. The molecule has 0 unspecified atom stereocenters. The van der Waals surface area contributed by atoms with Gasteiger partial charge < -0.3 is 5.32 Å². The van der Waals surface area contributed by atoms with Crippen molar-refractivity contribution in [3.05, 3.63) is 77.5 Å². The molecule has 0 fully saturated rings. The van der Waals surface area contributed by atoms with Gasteiger partial charge in [-0.05, 0) is 11.6 Å². The Kier molecular flexibility index (Phi) is 2.94. The van der Waals surface area contributed by atoms with Gasteiger partial charge in [0.25, 0.3) is 5.91 Å². The normalized spacial score (nSPS) is 16.3. The standard InChI is InChI=1S/C16H12N2O/c19-16-14(11-12-7-3-1-4-8-12)17-15(18-16)13-9-5-2-6-10-13/h1-11H,(H,17,18,19). The predicted molar refractivity (Wildman–Crippen MR) is 75.5 cm³/mol. The third-order valence-electron chi connectivity index (χ3n) is 2.85. The minimum Gasteiger partial charge on any atom is -0.305 e. The lowest BCUT2D eigenvalue weighted by atomic mass is 10.2. The van der Waals surface area contributed by atoms with Crippen LogP contribution >= 0.6 is 0 Å². The predicted octanol–water partition coefficient (Wildman–Crippen LogP) is 2.60. The zero-order chi connectivity index (χ0) is 13.1. The first kappa shape index (κ1) is 11.4. The van der Waals surface area contributed by atoms with E-state index in [2.05, 4.69) is 10.3 Å². The largest absolute Gasteiger partial charge is 0.305 e. The molecule has 1 heterocycles. The fourth-order valence-electron chi connectivity index (χ4n) is 1.91. The first-order valence-corrected chi connectivity index (χ1v) is 6.05. The quantitative estimate of drug-likeness (QED) is 0.815. The number of hydrogen-bond acceptors (Lipinski definition) is 2. The lowest BCUT2D eigenvalue weighted by Crippen LogP contribution is -2.24. The first-order valence-electron chi connectivity index (χ1n) is 6.05. The molecule has 0 radical (unpaired) electrons. The van der Waals surface area contributed by atoms with Gasteiger partial charge in [0.15, 0.2) is 0 Å². The molecule has 3 rings (SSSR count). The van der Waals surface area contributed by atoms with Crippen molar-refractivity contribution < 1.29 is 4.79 Å². The number of aliphatic imine (C=N–C) groups is 1. The summed E-state index contributed by atoms with van der Waals surface area (Å²) >= 11 is 0. The third kappa shape index (κ3) is 2.45. The summed E-state index contributed by atoms with van der Waals surface area (Å²) in [6.07, 6.45) is 1.78. The molecule has 19 heavy (non-hydrogen) atoms. The Balaban J connectivity index is 1.94. The topological polar surface area (TPSA) is 41.5 Å². The number of amides is 1. The molecule has 0 aliphatic carbocycles. The Hall–Kier alpha value is -2.68. The number of hydrogen-bond donors (Lipinski definition) is 1. The maximum absolute atomic E-state index is 11.9. The van der Waals surface area contributed by atoms with Crippen molar-refractivity contribution in [3.63, 3.8) is 0 Å². The van der Waals surface area contributed by atoms with E-state index in [4.69, 9.17) is 0 Å². The van der Waals surface area contributed by atoms with Crippen LogP contribution in [0.4, 0.5) is 0 Å². The molecule has 2 aromatic carbocycles. The van der Waals surface area contributed by atoms with Gasteiger partial charge in [-0.3, -0.25) is 4.79 Å². The highest BCUT2D eigenvalue weighted by Gasteiger charge is 2.20. The maximum atomic E-state index is 11.9. The van der Waals surface area contributed by atoms with Gasteiger partial charge >= 0.3 is 0 Å². The van der Waals surface area contributed by atoms with E-state index >= 15 is 0 Å². The van der Waals surface area contributed by atoms with Crippen LogP contribution in [-0.2, 0) is 4.79 Å². The molecule has 3 nitrogen and oxygen atoms in total. The van der Waals surface area contributed by atoms with E-state index < -0.39 is 0 Å². The minimum atomic E-state index is -0.164. The second kappa shape index (κ2) is 4.90. The molecule has 92 valence electrons. The molecule has 1 amide bonds. The van der Waals surface area contributed by atoms with Crippen molar-refractivity contribution in [1.82, 2.24) is 5.32 Å². The SMILES string of the molecule is O=C1NC(c2ccccc2)=NC1=Cc1ccccc1. The van der Waals surface area contributed by atoms with Crippen molar-refractivity contribution in [1.29, 1.82) is 0 Å². The van der Waals surface area contributed by atoms with Crippen LogP contribution in [0.5, 0.6) is 0 Å². The number of benzene rings is 2. The average molecular weight is 248 g/mol. The second-order valence-electron chi connectivity index (χ2n) is 4.22. The van der Waals surface area contributed by atoms with Gasteiger partial charge in [0.05, 0.1) is 0 Å². The van der Waals surface area contributed by atoms with Crippen LogP contribution in [0.25, 0.3) is 6.08 Å². The van der Waals surface area contributed by atoms with Crippen molar-refractivity contribution in [2.45, 2.75) is 0 Å². The fraction of sp³-hybridized carbons (Fsp3) is 0. The van der Waals surface area contributed by atoms with Gasteiger partial charge in [-0.1, -0.05) is 60.7 Å². The van der Waals surface area contributed by atoms with E-state index in [1.54, 1.807) is 6.08 Å². The van der Waals surface area contributed by atoms with Crippen molar-refractivity contribution >= 4 is 17.8 Å². The van der Waals surface area contributed by atoms with Crippen LogP contribution in [0.2, 0.25) is 0 Å². The van der Waals surface area contributed by atoms with Crippen LogP contribution in [0.3, 0.4) is 0 Å². The summed E-state index contributed by atoms with van der Waals surface area (Å²) < 4.78 is 0. The Labute approximate surface area is 111 Å². The Bertz CT molecular complexity index is 658. The van der Waals surface area contributed by atoms with E-state index in [0.717, 1.165) is 11.1 Å². The summed E-state index contributed by atoms with van der Waals surface area (Å²) in [6.45, 7) is 0. The van der Waals surface area contributed by atoms with Crippen molar-refractivity contribution in [3.8, 4) is 0 Å². The van der Waals surface area contributed by atoms with Gasteiger partial charge in [-0.25, -0.2) is 4.99 Å². The van der Waals surface area contributed by atoms with E-state index in [9.17, 15) is 4.79 Å². The van der Waals surface area contributed by atoms with Crippen LogP contribution < -0.4 is 5.32 Å². The van der Waals surface area contributed by atoms with Gasteiger partial charge in [0, 0.05) is 5.56 Å². The molecule has 2 aromatic rings. The molecular formula is C16H12N2O. The van der Waals surface area contributed by atoms with E-state index in [0.29, 0.717) is 11.5 Å². The van der Waals surface area contributed by atoms with Crippen molar-refractivity contribution in [2.24, 2.45) is 4.99 Å². The van der Waals surface area contributed by atoms with Gasteiger partial charge in [0.2, 0.25) is 0 Å². The highest BCUT2D eigenvalue weighted by molar-refractivity contribution is 6.19. The summed E-state index contributed by atoms with van der Waals surface area (Å²) in [4.78, 5) is 16.2. The Morgan fingerprint density at radius 2 is 1.53 bits per heavy atom. The summed E-state index contributed by atoms with van der Waals surface area (Å²) in [6, 6.07) is 19.3. The zero-order valence-electron chi connectivity index (χ0n) is 10.2. The summed E-state index contributed by atoms with van der Waals surface area (Å²) in [5.41, 5.74) is 2.31. The highest BCUT2D eigenvalue weighted by atomic mass is 16.2. The molecule has 0 bridgehead atoms. The molecule has 0 saturated carbocycles. The van der Waals surface area contributed by atoms with Crippen LogP contribution in [-0.4, -0.2) is 11.7 Å². The van der Waals surface area contributed by atoms with Crippen molar-refractivity contribution in [2.75, 3.05) is 0 Å². The second-order valence-corrected chi connectivity index (χ2v) is 4.22. The molecular weight excluding hydrogens is 236 g/mol. The fourth-order valence-corrected chi connectivity index (χ4v) is 1.91. The smallest absolute Gasteiger partial charge is 0.275 e. The van der Waals surface area contributed by atoms with Gasteiger partial charge in [-0.15, -0.1) is 0 Å². The molecule has 0 saturated heterocycles. The van der Waals surface area contributed by atoms with E-state index in [-0.39, 0.29) is 5.91 Å². The van der Waals surface area contributed by atoms with Crippen LogP contribution in [0, 0.1) is 0 Å². The number of carbonyl (C=O) groups excluding carboxylic acids is 1. The van der Waals surface area contributed by atoms with E-state index in [1.807, 2.05) is 60.7 Å². The Morgan fingerprint density at radius 1 is 0.895 bits per heavy atom. The molecule has 1 N–H and O–H groups in total. The molecule has 0 aromatic heterocycles. The number of nitrogens with one attached hydrogen (secondary N) is 1. The first-order chi connectivity index (χ1) is 9.33. The number of rotatable bonds is 2. The lowest BCUT2D eigenvalue weighted by molar-refractivity contribution is -0.115. The summed E-state index contributed by atoms with van der Waals surface area (Å²) in [5, 5.41) is 2.78. The van der Waals surface area contributed by atoms with Gasteiger partial charge in [-0.2, -0.15) is 0 Å².